The number of rotatable bonds is 6. The molecule has 4 amide bonds. The maximum absolute atomic E-state index is 12.9. The van der Waals surface area contributed by atoms with E-state index in [1.807, 2.05) is 19.9 Å². The van der Waals surface area contributed by atoms with E-state index >= 15 is 0 Å². The number of nitrogens with one attached hydrogen (secondary N) is 2. The molecule has 1 aromatic heterocycles. The average Bonchev–Trinajstić information content (AvgIpc) is 2.89. The molecule has 0 bridgehead atoms. The summed E-state index contributed by atoms with van der Waals surface area (Å²) in [5, 5.41) is 5.59. The molecule has 2 N–H and O–H groups in total. The van der Waals surface area contributed by atoms with E-state index in [9.17, 15) is 14.4 Å². The molecular weight excluding hydrogens is 348 g/mol. The molecule has 146 valence electrons. The summed E-state index contributed by atoms with van der Waals surface area (Å²) in [5.74, 6) is -0.151. The van der Waals surface area contributed by atoms with Gasteiger partial charge in [0.1, 0.15) is 12.1 Å². The lowest BCUT2D eigenvalue weighted by molar-refractivity contribution is -0.137. The Morgan fingerprint density at radius 1 is 1.44 bits per heavy atom. The maximum Gasteiger partial charge on any atom is 0.325 e. The molecule has 0 radical (unpaired) electrons. The second kappa shape index (κ2) is 7.94. The normalized spacial score (nSPS) is 24.8. The van der Waals surface area contributed by atoms with E-state index in [2.05, 4.69) is 15.6 Å². The highest BCUT2D eigenvalue weighted by Crippen LogP contribution is 2.38. The van der Waals surface area contributed by atoms with E-state index in [0.717, 1.165) is 29.7 Å². The summed E-state index contributed by atoms with van der Waals surface area (Å²) in [5.41, 5.74) is -0.108. The first kappa shape index (κ1) is 19.1. The quantitative estimate of drug-likeness (QED) is 0.737. The maximum atomic E-state index is 12.9. The molecule has 2 aliphatic rings. The lowest BCUT2D eigenvalue weighted by Crippen LogP contribution is -2.54. The minimum absolute atomic E-state index is 0.0694. The van der Waals surface area contributed by atoms with Crippen molar-refractivity contribution in [1.29, 1.82) is 0 Å². The van der Waals surface area contributed by atoms with Crippen LogP contribution in [0, 0.1) is 5.92 Å². The Bertz CT molecular complexity index is 738. The van der Waals surface area contributed by atoms with Crippen molar-refractivity contribution >= 4 is 17.8 Å². The molecule has 8 heteroatoms. The van der Waals surface area contributed by atoms with Gasteiger partial charge >= 0.3 is 6.03 Å². The highest BCUT2D eigenvalue weighted by Gasteiger charge is 2.55. The summed E-state index contributed by atoms with van der Waals surface area (Å²) in [6.45, 7) is 4.24. The van der Waals surface area contributed by atoms with Crippen LogP contribution >= 0.6 is 0 Å². The Morgan fingerprint density at radius 3 is 3.00 bits per heavy atom. The third-order valence-corrected chi connectivity index (χ3v) is 5.41. The number of hydrogen-bond donors (Lipinski definition) is 2. The molecule has 1 saturated carbocycles. The van der Waals surface area contributed by atoms with Gasteiger partial charge in [0.05, 0.1) is 6.61 Å². The van der Waals surface area contributed by atoms with Gasteiger partial charge in [0.15, 0.2) is 0 Å². The van der Waals surface area contributed by atoms with Crippen LogP contribution in [-0.2, 0) is 16.1 Å². The van der Waals surface area contributed by atoms with Gasteiger partial charge in [0.25, 0.3) is 5.91 Å². The van der Waals surface area contributed by atoms with Crippen molar-refractivity contribution < 1.29 is 19.1 Å². The van der Waals surface area contributed by atoms with E-state index in [1.54, 1.807) is 12.3 Å². The topological polar surface area (TPSA) is 101 Å². The third kappa shape index (κ3) is 3.74. The Morgan fingerprint density at radius 2 is 2.26 bits per heavy atom. The van der Waals surface area contributed by atoms with Crippen LogP contribution in [0.1, 0.15) is 45.1 Å². The lowest BCUT2D eigenvalue weighted by Gasteiger charge is -2.36. The Labute approximate surface area is 158 Å². The minimum atomic E-state index is -0.846. The third-order valence-electron chi connectivity index (χ3n) is 5.41. The van der Waals surface area contributed by atoms with Gasteiger partial charge in [-0.15, -0.1) is 0 Å². The molecule has 0 unspecified atom stereocenters. The number of hydrogen-bond acceptors (Lipinski definition) is 5. The molecular formula is C19H26N4O4. The summed E-state index contributed by atoms with van der Waals surface area (Å²) in [4.78, 5) is 42.7. The van der Waals surface area contributed by atoms with Gasteiger partial charge in [-0.3, -0.25) is 14.5 Å². The van der Waals surface area contributed by atoms with Gasteiger partial charge in [0.2, 0.25) is 11.8 Å². The van der Waals surface area contributed by atoms with Gasteiger partial charge < -0.3 is 15.4 Å². The smallest absolute Gasteiger partial charge is 0.325 e. The van der Waals surface area contributed by atoms with E-state index in [0.29, 0.717) is 18.9 Å². The fourth-order valence-electron chi connectivity index (χ4n) is 3.86. The predicted molar refractivity (Wildman–Crippen MR) is 97.9 cm³/mol. The van der Waals surface area contributed by atoms with Crippen molar-refractivity contribution in [3.63, 3.8) is 0 Å². The first-order valence-electron chi connectivity index (χ1n) is 9.45. The van der Waals surface area contributed by atoms with Crippen molar-refractivity contribution in [2.24, 2.45) is 5.92 Å². The first-order valence-corrected chi connectivity index (χ1v) is 9.45. The standard InChI is InChI=1S/C19H26N4O4/c1-3-27-16-14(8-6-10-20-16)11-21-15(24)12-23-17(25)19(22-18(23)26)9-5-4-7-13(19)2/h6,8,10,13H,3-5,7,9,11-12H2,1-2H3,(H,21,24)(H,22,26)/t13-,19-/m1/s1. The predicted octanol–water partition coefficient (Wildman–Crippen LogP) is 1.60. The number of pyridine rings is 1. The molecule has 2 heterocycles. The number of aromatic nitrogens is 1. The number of urea groups is 1. The van der Waals surface area contributed by atoms with Gasteiger partial charge in [-0.1, -0.05) is 25.8 Å². The van der Waals surface area contributed by atoms with Crippen LogP contribution in [0.25, 0.3) is 0 Å². The fourth-order valence-corrected chi connectivity index (χ4v) is 3.86. The molecule has 0 aromatic carbocycles. The van der Waals surface area contributed by atoms with Crippen LogP contribution < -0.4 is 15.4 Å². The molecule has 2 atom stereocenters. The van der Waals surface area contributed by atoms with Gasteiger partial charge in [-0.25, -0.2) is 9.78 Å². The highest BCUT2D eigenvalue weighted by molar-refractivity contribution is 6.09. The molecule has 1 aliphatic carbocycles. The lowest BCUT2D eigenvalue weighted by atomic mass is 9.73. The zero-order valence-corrected chi connectivity index (χ0v) is 15.8. The highest BCUT2D eigenvalue weighted by atomic mass is 16.5. The summed E-state index contributed by atoms with van der Waals surface area (Å²) in [6.07, 6.45) is 5.10. The summed E-state index contributed by atoms with van der Waals surface area (Å²) < 4.78 is 5.43. The Balaban J connectivity index is 1.61. The van der Waals surface area contributed by atoms with E-state index in [1.165, 1.54) is 0 Å². The van der Waals surface area contributed by atoms with Crippen LogP contribution in [0.3, 0.4) is 0 Å². The zero-order valence-electron chi connectivity index (χ0n) is 15.8. The fraction of sp³-hybridized carbons (Fsp3) is 0.579. The second-order valence-electron chi connectivity index (χ2n) is 7.12. The van der Waals surface area contributed by atoms with Crippen LogP contribution in [-0.4, -0.2) is 46.4 Å². The largest absolute Gasteiger partial charge is 0.478 e. The van der Waals surface area contributed by atoms with Crippen molar-refractivity contribution in [3.05, 3.63) is 23.9 Å². The number of imide groups is 1. The number of ether oxygens (including phenoxy) is 1. The van der Waals surface area contributed by atoms with Crippen molar-refractivity contribution in [2.75, 3.05) is 13.2 Å². The van der Waals surface area contributed by atoms with Gasteiger partial charge in [-0.05, 0) is 31.7 Å². The minimum Gasteiger partial charge on any atom is -0.478 e. The average molecular weight is 374 g/mol. The van der Waals surface area contributed by atoms with Crippen molar-refractivity contribution in [3.8, 4) is 5.88 Å². The van der Waals surface area contributed by atoms with Crippen molar-refractivity contribution in [1.82, 2.24) is 20.5 Å². The molecule has 8 nitrogen and oxygen atoms in total. The number of carbonyl (C=O) groups is 3. The van der Waals surface area contributed by atoms with E-state index < -0.39 is 17.5 Å². The Hall–Kier alpha value is -2.64. The Kier molecular flexibility index (Phi) is 5.62. The summed E-state index contributed by atoms with van der Waals surface area (Å²) in [7, 11) is 0. The van der Waals surface area contributed by atoms with Crippen LogP contribution in [0.2, 0.25) is 0 Å². The van der Waals surface area contributed by atoms with Gasteiger partial charge in [-0.2, -0.15) is 0 Å². The zero-order chi connectivity index (χ0) is 19.4. The van der Waals surface area contributed by atoms with E-state index in [4.69, 9.17) is 4.74 Å². The number of nitrogens with zero attached hydrogens (tertiary/aromatic N) is 2. The number of carbonyl (C=O) groups excluding carboxylic acids is 3. The first-order chi connectivity index (χ1) is 13.0. The molecule has 1 spiro atoms. The molecule has 3 rings (SSSR count). The van der Waals surface area contributed by atoms with Gasteiger partial charge in [0, 0.05) is 18.3 Å². The van der Waals surface area contributed by atoms with E-state index in [-0.39, 0.29) is 24.9 Å². The molecule has 1 aromatic rings. The monoisotopic (exact) mass is 374 g/mol. The molecule has 2 fully saturated rings. The SMILES string of the molecule is CCOc1ncccc1CNC(=O)CN1C(=O)N[C@@]2(CCCC[C@H]2C)C1=O. The second-order valence-corrected chi connectivity index (χ2v) is 7.12. The van der Waals surface area contributed by atoms with Crippen LogP contribution in [0.5, 0.6) is 5.88 Å². The summed E-state index contributed by atoms with van der Waals surface area (Å²) >= 11 is 0. The molecule has 27 heavy (non-hydrogen) atoms. The summed E-state index contributed by atoms with van der Waals surface area (Å²) in [6, 6.07) is 3.08. The van der Waals surface area contributed by atoms with Crippen molar-refractivity contribution in [2.45, 2.75) is 51.6 Å². The number of amides is 4. The molecule has 1 aliphatic heterocycles. The van der Waals surface area contributed by atoms with Crippen LogP contribution in [0.4, 0.5) is 4.79 Å². The molecule has 1 saturated heterocycles. The van der Waals surface area contributed by atoms with Crippen LogP contribution in [0.15, 0.2) is 18.3 Å².